The van der Waals surface area contributed by atoms with Crippen molar-refractivity contribution >= 4 is 0 Å². The quantitative estimate of drug-likeness (QED) is 0.479. The summed E-state index contributed by atoms with van der Waals surface area (Å²) in [5.41, 5.74) is 1.79. The minimum Gasteiger partial charge on any atom is -0.385 e. The summed E-state index contributed by atoms with van der Waals surface area (Å²) in [5, 5.41) is 21.8. The van der Waals surface area contributed by atoms with Crippen LogP contribution < -0.4 is 0 Å². The Morgan fingerprint density at radius 2 is 1.66 bits per heavy atom. The molecule has 1 fully saturated rings. The molecule has 0 saturated carbocycles. The topological polar surface area (TPSA) is 100 Å². The van der Waals surface area contributed by atoms with Crippen LogP contribution in [-0.2, 0) is 32.2 Å². The van der Waals surface area contributed by atoms with E-state index >= 15 is 0 Å². The number of methoxy groups -OCH3 is 1. The third-order valence-corrected chi connectivity index (χ3v) is 4.75. The number of benzene rings is 2. The molecule has 0 amide bonds. The molecule has 5 atom stereocenters. The average Bonchev–Trinajstić information content (AvgIpc) is 3.06. The molecule has 0 aromatic heterocycles. The van der Waals surface area contributed by atoms with Crippen molar-refractivity contribution in [3.8, 4) is 0 Å². The largest absolute Gasteiger partial charge is 0.385 e. The van der Waals surface area contributed by atoms with Gasteiger partial charge in [-0.15, -0.1) is 0 Å². The van der Waals surface area contributed by atoms with Gasteiger partial charge in [0.15, 0.2) is 12.4 Å². The monoisotopic (exact) mass is 403 g/mol. The summed E-state index contributed by atoms with van der Waals surface area (Å²) in [6.45, 7) is -0.0765. The lowest BCUT2D eigenvalue weighted by Gasteiger charge is -2.26. The number of nitrogens with zero attached hydrogens (tertiary/aromatic N) is 1. The van der Waals surface area contributed by atoms with Gasteiger partial charge in [0.25, 0.3) is 0 Å². The fraction of sp³-hybridized carbons (Fsp3) is 0.429. The van der Waals surface area contributed by atoms with Gasteiger partial charge in [0.2, 0.25) is 6.54 Å². The zero-order chi connectivity index (χ0) is 20.6. The number of rotatable bonds is 10. The Balaban J connectivity index is 1.73. The predicted molar refractivity (Wildman–Crippen MR) is 104 cm³/mol. The van der Waals surface area contributed by atoms with Gasteiger partial charge in [0.05, 0.1) is 13.2 Å². The highest BCUT2D eigenvalue weighted by atomic mass is 16.7. The van der Waals surface area contributed by atoms with E-state index in [9.17, 15) is 15.2 Å². The Morgan fingerprint density at radius 1 is 1.07 bits per heavy atom. The predicted octanol–water partition coefficient (Wildman–Crippen LogP) is 2.17. The lowest BCUT2D eigenvalue weighted by Crippen LogP contribution is -2.45. The van der Waals surface area contributed by atoms with Crippen LogP contribution in [0.5, 0.6) is 0 Å². The highest BCUT2D eigenvalue weighted by Crippen LogP contribution is 2.29. The molecule has 2 aromatic carbocycles. The Kier molecular flexibility index (Phi) is 7.68. The zero-order valence-corrected chi connectivity index (χ0v) is 16.1. The molecule has 8 nitrogen and oxygen atoms in total. The van der Waals surface area contributed by atoms with E-state index in [4.69, 9.17) is 18.9 Å². The summed E-state index contributed by atoms with van der Waals surface area (Å²) in [6, 6.07) is 18.8. The van der Waals surface area contributed by atoms with E-state index in [1.807, 2.05) is 60.7 Å². The van der Waals surface area contributed by atoms with Crippen LogP contribution in [-0.4, -0.2) is 54.4 Å². The molecule has 0 spiro atoms. The maximum absolute atomic E-state index is 11.2. The highest BCUT2D eigenvalue weighted by Gasteiger charge is 2.50. The average molecular weight is 403 g/mol. The van der Waals surface area contributed by atoms with Gasteiger partial charge in [0.1, 0.15) is 18.3 Å². The molecule has 1 saturated heterocycles. The van der Waals surface area contributed by atoms with Crippen molar-refractivity contribution in [2.75, 3.05) is 13.7 Å². The van der Waals surface area contributed by atoms with E-state index in [1.165, 1.54) is 7.11 Å². The Bertz CT molecular complexity index is 758. The summed E-state index contributed by atoms with van der Waals surface area (Å²) in [7, 11) is 1.40. The second-order valence-electron chi connectivity index (χ2n) is 6.81. The van der Waals surface area contributed by atoms with Crippen LogP contribution in [0.3, 0.4) is 0 Å². The molecule has 8 heteroatoms. The van der Waals surface area contributed by atoms with Crippen molar-refractivity contribution in [2.24, 2.45) is 0 Å². The van der Waals surface area contributed by atoms with Crippen molar-refractivity contribution in [3.05, 3.63) is 81.9 Å². The minimum atomic E-state index is -1.09. The SMILES string of the molecule is CO[C@@H]1O[C@H]([C@@H](C[N+](=O)[O-])OCc2ccccc2)[C@H](OCc2ccccc2)[C@H]1O. The molecule has 0 bridgehead atoms. The van der Waals surface area contributed by atoms with Crippen molar-refractivity contribution in [3.63, 3.8) is 0 Å². The van der Waals surface area contributed by atoms with Gasteiger partial charge in [-0.2, -0.15) is 0 Å². The van der Waals surface area contributed by atoms with E-state index in [-0.39, 0.29) is 13.2 Å². The minimum absolute atomic E-state index is 0.179. The van der Waals surface area contributed by atoms with Crippen LogP contribution in [0.2, 0.25) is 0 Å². The second kappa shape index (κ2) is 10.4. The van der Waals surface area contributed by atoms with Gasteiger partial charge in [-0.1, -0.05) is 60.7 Å². The van der Waals surface area contributed by atoms with Crippen LogP contribution in [0.4, 0.5) is 0 Å². The van der Waals surface area contributed by atoms with Crippen molar-refractivity contribution in [1.82, 2.24) is 0 Å². The highest BCUT2D eigenvalue weighted by molar-refractivity contribution is 5.14. The zero-order valence-electron chi connectivity index (χ0n) is 16.1. The third-order valence-electron chi connectivity index (χ3n) is 4.75. The van der Waals surface area contributed by atoms with Crippen molar-refractivity contribution in [2.45, 2.75) is 43.9 Å². The van der Waals surface area contributed by atoms with Gasteiger partial charge in [-0.25, -0.2) is 0 Å². The summed E-state index contributed by atoms with van der Waals surface area (Å²) >= 11 is 0. The van der Waals surface area contributed by atoms with Crippen LogP contribution in [0.15, 0.2) is 60.7 Å². The molecular formula is C21H25NO7. The van der Waals surface area contributed by atoms with Gasteiger partial charge >= 0.3 is 0 Å². The Hall–Kier alpha value is -2.36. The van der Waals surface area contributed by atoms with Crippen molar-refractivity contribution in [1.29, 1.82) is 0 Å². The standard InChI is InChI=1S/C21H25NO7/c1-26-21-18(23)20(28-14-16-10-6-3-7-11-16)19(29-21)17(12-22(24)25)27-13-15-8-4-2-5-9-15/h2-11,17-21,23H,12-14H2,1H3/t17-,18-,19-,20-,21-/m1/s1. The van der Waals surface area contributed by atoms with Crippen LogP contribution >= 0.6 is 0 Å². The first-order valence-electron chi connectivity index (χ1n) is 9.37. The first kappa shape index (κ1) is 21.4. The maximum atomic E-state index is 11.2. The lowest BCUT2D eigenvalue weighted by atomic mass is 10.0. The van der Waals surface area contributed by atoms with Crippen LogP contribution in [0.1, 0.15) is 11.1 Å². The number of aliphatic hydroxyl groups excluding tert-OH is 1. The van der Waals surface area contributed by atoms with Crippen molar-refractivity contribution < 1.29 is 29.0 Å². The Labute approximate surface area is 169 Å². The van der Waals surface area contributed by atoms with Crippen LogP contribution in [0, 0.1) is 10.1 Å². The van der Waals surface area contributed by atoms with E-state index in [0.717, 1.165) is 11.1 Å². The summed E-state index contributed by atoms with van der Waals surface area (Å²) in [6.07, 6.45) is -4.65. The van der Waals surface area contributed by atoms with Crippen LogP contribution in [0.25, 0.3) is 0 Å². The summed E-state index contributed by atoms with van der Waals surface area (Å²) < 4.78 is 22.7. The number of aliphatic hydroxyl groups is 1. The molecule has 0 unspecified atom stereocenters. The number of hydrogen-bond donors (Lipinski definition) is 1. The van der Waals surface area contributed by atoms with E-state index < -0.39 is 42.2 Å². The van der Waals surface area contributed by atoms with Gasteiger partial charge in [0, 0.05) is 12.0 Å². The maximum Gasteiger partial charge on any atom is 0.232 e. The lowest BCUT2D eigenvalue weighted by molar-refractivity contribution is -0.495. The molecule has 0 aliphatic carbocycles. The van der Waals surface area contributed by atoms with E-state index in [2.05, 4.69) is 0 Å². The first-order valence-corrected chi connectivity index (χ1v) is 9.37. The molecule has 1 aliphatic heterocycles. The molecule has 3 rings (SSSR count). The molecule has 2 aromatic rings. The molecule has 1 N–H and O–H groups in total. The number of hydrogen-bond acceptors (Lipinski definition) is 7. The fourth-order valence-electron chi connectivity index (χ4n) is 3.29. The summed E-state index contributed by atoms with van der Waals surface area (Å²) in [4.78, 5) is 10.8. The molecule has 1 aliphatic rings. The summed E-state index contributed by atoms with van der Waals surface area (Å²) in [5.74, 6) is 0. The fourth-order valence-corrected chi connectivity index (χ4v) is 3.29. The smallest absolute Gasteiger partial charge is 0.232 e. The molecule has 1 heterocycles. The normalized spacial score (nSPS) is 25.0. The molecule has 29 heavy (non-hydrogen) atoms. The number of nitro groups is 1. The third kappa shape index (κ3) is 5.81. The second-order valence-corrected chi connectivity index (χ2v) is 6.81. The molecule has 0 radical (unpaired) electrons. The molecular weight excluding hydrogens is 378 g/mol. The van der Waals surface area contributed by atoms with E-state index in [1.54, 1.807) is 0 Å². The number of ether oxygens (including phenoxy) is 4. The van der Waals surface area contributed by atoms with E-state index in [0.29, 0.717) is 0 Å². The van der Waals surface area contributed by atoms with Gasteiger partial charge in [-0.3, -0.25) is 10.1 Å². The van der Waals surface area contributed by atoms with Gasteiger partial charge < -0.3 is 24.1 Å². The first-order chi connectivity index (χ1) is 14.1. The Morgan fingerprint density at radius 3 is 2.21 bits per heavy atom. The molecule has 156 valence electrons. The van der Waals surface area contributed by atoms with Gasteiger partial charge in [-0.05, 0) is 11.1 Å².